The fourth-order valence-electron chi connectivity index (χ4n) is 3.55. The topological polar surface area (TPSA) is 22.9 Å². The monoisotopic (exact) mass is 326 g/mol. The van der Waals surface area contributed by atoms with Gasteiger partial charge in [-0.25, -0.2) is 0 Å². The van der Waals surface area contributed by atoms with Crippen LogP contribution < -0.4 is 9.64 Å². The van der Waals surface area contributed by atoms with Gasteiger partial charge in [0, 0.05) is 12.0 Å². The minimum atomic E-state index is 0.364. The van der Waals surface area contributed by atoms with Crippen molar-refractivity contribution in [3.05, 3.63) is 54.6 Å². The highest BCUT2D eigenvalue weighted by Gasteiger charge is 2.24. The number of morpholine rings is 1. The van der Waals surface area contributed by atoms with Gasteiger partial charge in [-0.2, -0.15) is 0 Å². The highest BCUT2D eigenvalue weighted by Crippen LogP contribution is 2.29. The van der Waals surface area contributed by atoms with Crippen LogP contribution in [0, 0.1) is 0 Å². The van der Waals surface area contributed by atoms with Crippen LogP contribution in [0.2, 0.25) is 0 Å². The number of ether oxygens (including phenoxy) is 2. The van der Waals surface area contributed by atoms with E-state index in [9.17, 15) is 0 Å². The molecule has 0 amide bonds. The van der Waals surface area contributed by atoms with Gasteiger partial charge in [0.05, 0.1) is 13.2 Å². The Morgan fingerprint density at radius 2 is 1.62 bits per heavy atom. The quantitative estimate of drug-likeness (QED) is 0.825. The van der Waals surface area contributed by atoms with Crippen molar-refractivity contribution in [3.8, 4) is 16.9 Å². The van der Waals surface area contributed by atoms with Crippen LogP contribution in [0.3, 0.4) is 0 Å². The summed E-state index contributed by atoms with van der Waals surface area (Å²) in [6.07, 6.45) is 1.80. The Bertz CT molecular complexity index is 619. The second kappa shape index (κ2) is 8.32. The number of rotatable bonds is 6. The van der Waals surface area contributed by atoms with Crippen LogP contribution in [-0.4, -0.2) is 38.4 Å². The summed E-state index contributed by atoms with van der Waals surface area (Å²) >= 11 is 0. The van der Waals surface area contributed by atoms with Crippen LogP contribution in [-0.2, 0) is 4.74 Å². The molecule has 3 nitrogen and oxygen atoms in total. The van der Waals surface area contributed by atoms with Gasteiger partial charge in [-0.15, -0.1) is 0 Å². The van der Waals surface area contributed by atoms with Crippen molar-refractivity contribution >= 4 is 0 Å². The lowest BCUT2D eigenvalue weighted by Crippen LogP contribution is -3.15. The van der Waals surface area contributed by atoms with Crippen molar-refractivity contribution < 1.29 is 14.4 Å². The summed E-state index contributed by atoms with van der Waals surface area (Å²) in [6, 6.07) is 18.7. The van der Waals surface area contributed by atoms with Crippen molar-refractivity contribution in [1.29, 1.82) is 0 Å². The molecule has 0 aliphatic carbocycles. The van der Waals surface area contributed by atoms with Crippen molar-refractivity contribution in [2.24, 2.45) is 0 Å². The van der Waals surface area contributed by atoms with Crippen molar-refractivity contribution in [1.82, 2.24) is 0 Å². The van der Waals surface area contributed by atoms with E-state index in [0.29, 0.717) is 12.2 Å². The van der Waals surface area contributed by atoms with Gasteiger partial charge in [0.15, 0.2) is 0 Å². The molecule has 0 aromatic heterocycles. The largest absolute Gasteiger partial charge is 0.493 e. The predicted molar refractivity (Wildman–Crippen MR) is 97.6 cm³/mol. The van der Waals surface area contributed by atoms with Crippen LogP contribution in [0.25, 0.3) is 11.1 Å². The van der Waals surface area contributed by atoms with Crippen LogP contribution in [0.5, 0.6) is 5.75 Å². The molecule has 2 aromatic rings. The molecule has 1 heterocycles. The van der Waals surface area contributed by atoms with Gasteiger partial charge in [0.25, 0.3) is 0 Å². The second-order valence-electron chi connectivity index (χ2n) is 6.73. The molecule has 1 saturated heterocycles. The van der Waals surface area contributed by atoms with E-state index in [1.165, 1.54) is 11.1 Å². The molecule has 0 saturated carbocycles. The lowest BCUT2D eigenvalue weighted by Gasteiger charge is -2.32. The number of hydrogen-bond acceptors (Lipinski definition) is 2. The first kappa shape index (κ1) is 17.0. The number of nitrogens with one attached hydrogen (secondary N) is 1. The third kappa shape index (κ3) is 4.59. The van der Waals surface area contributed by atoms with Gasteiger partial charge in [-0.3, -0.25) is 0 Å². The Hall–Kier alpha value is -1.84. The SMILES string of the molecule is C[C@H]1C[NH+](CCCOc2ccccc2-c2ccccc2)C[C@H](C)O1. The lowest BCUT2D eigenvalue weighted by atomic mass is 10.1. The predicted octanol–water partition coefficient (Wildman–Crippen LogP) is 2.81. The fraction of sp³-hybridized carbons (Fsp3) is 0.429. The second-order valence-corrected chi connectivity index (χ2v) is 6.73. The zero-order valence-electron chi connectivity index (χ0n) is 14.7. The minimum Gasteiger partial charge on any atom is -0.493 e. The Balaban J connectivity index is 1.52. The molecule has 0 bridgehead atoms. The average molecular weight is 326 g/mol. The smallest absolute Gasteiger partial charge is 0.127 e. The first-order valence-corrected chi connectivity index (χ1v) is 8.98. The van der Waals surface area contributed by atoms with Crippen LogP contribution >= 0.6 is 0 Å². The normalized spacial score (nSPS) is 23.8. The summed E-state index contributed by atoms with van der Waals surface area (Å²) in [5, 5.41) is 0. The van der Waals surface area contributed by atoms with E-state index >= 15 is 0 Å². The molecule has 1 aliphatic rings. The molecule has 3 heteroatoms. The summed E-state index contributed by atoms with van der Waals surface area (Å²) in [7, 11) is 0. The van der Waals surface area contributed by atoms with E-state index in [2.05, 4.69) is 56.3 Å². The van der Waals surface area contributed by atoms with E-state index < -0.39 is 0 Å². The maximum absolute atomic E-state index is 6.09. The first-order chi connectivity index (χ1) is 11.7. The Morgan fingerprint density at radius 3 is 2.38 bits per heavy atom. The Kier molecular flexibility index (Phi) is 5.89. The van der Waals surface area contributed by atoms with E-state index in [1.807, 2.05) is 12.1 Å². The van der Waals surface area contributed by atoms with Crippen molar-refractivity contribution in [3.63, 3.8) is 0 Å². The van der Waals surface area contributed by atoms with Crippen LogP contribution in [0.15, 0.2) is 54.6 Å². The highest BCUT2D eigenvalue weighted by atomic mass is 16.5. The molecule has 1 fully saturated rings. The zero-order chi connectivity index (χ0) is 16.8. The third-order valence-corrected chi connectivity index (χ3v) is 4.52. The summed E-state index contributed by atoms with van der Waals surface area (Å²) in [6.45, 7) is 8.45. The maximum atomic E-state index is 6.09. The van der Waals surface area contributed by atoms with Gasteiger partial charge in [0.1, 0.15) is 31.0 Å². The summed E-state index contributed by atoms with van der Waals surface area (Å²) in [5.41, 5.74) is 2.37. The average Bonchev–Trinajstić information content (AvgIpc) is 2.59. The maximum Gasteiger partial charge on any atom is 0.127 e. The van der Waals surface area contributed by atoms with E-state index in [0.717, 1.165) is 38.4 Å². The number of benzene rings is 2. The van der Waals surface area contributed by atoms with E-state index in [1.54, 1.807) is 4.90 Å². The van der Waals surface area contributed by atoms with Gasteiger partial charge in [0.2, 0.25) is 0 Å². The van der Waals surface area contributed by atoms with E-state index in [-0.39, 0.29) is 0 Å². The molecule has 128 valence electrons. The Morgan fingerprint density at radius 1 is 0.958 bits per heavy atom. The lowest BCUT2D eigenvalue weighted by molar-refractivity contribution is -0.915. The zero-order valence-corrected chi connectivity index (χ0v) is 14.7. The molecule has 1 N–H and O–H groups in total. The summed E-state index contributed by atoms with van der Waals surface area (Å²) < 4.78 is 11.9. The van der Waals surface area contributed by atoms with Gasteiger partial charge in [-0.05, 0) is 25.5 Å². The van der Waals surface area contributed by atoms with Crippen molar-refractivity contribution in [2.45, 2.75) is 32.5 Å². The third-order valence-electron chi connectivity index (χ3n) is 4.52. The molecule has 0 radical (unpaired) electrons. The van der Waals surface area contributed by atoms with Crippen molar-refractivity contribution in [2.75, 3.05) is 26.2 Å². The molecular weight excluding hydrogens is 298 g/mol. The highest BCUT2D eigenvalue weighted by molar-refractivity contribution is 5.70. The standard InChI is InChI=1S/C21H27NO2/c1-17-15-22(16-18(2)24-17)13-8-14-23-21-12-7-6-11-20(21)19-9-4-3-5-10-19/h3-7,9-12,17-18H,8,13-16H2,1-2H3/p+1/t17-,18-/m0/s1. The molecule has 0 unspecified atom stereocenters. The Labute approximate surface area is 145 Å². The van der Waals surface area contributed by atoms with Crippen LogP contribution in [0.1, 0.15) is 20.3 Å². The van der Waals surface area contributed by atoms with Gasteiger partial charge >= 0.3 is 0 Å². The molecule has 1 aliphatic heterocycles. The van der Waals surface area contributed by atoms with Gasteiger partial charge < -0.3 is 14.4 Å². The number of para-hydroxylation sites is 1. The molecule has 2 atom stereocenters. The molecule has 2 aromatic carbocycles. The molecular formula is C21H28NO2+. The first-order valence-electron chi connectivity index (χ1n) is 8.98. The molecule has 24 heavy (non-hydrogen) atoms. The minimum absolute atomic E-state index is 0.364. The summed E-state index contributed by atoms with van der Waals surface area (Å²) in [4.78, 5) is 1.63. The van der Waals surface area contributed by atoms with Crippen LogP contribution in [0.4, 0.5) is 0 Å². The number of quaternary nitrogens is 1. The molecule has 3 rings (SSSR count). The fourth-order valence-corrected chi connectivity index (χ4v) is 3.55. The van der Waals surface area contributed by atoms with Gasteiger partial charge in [-0.1, -0.05) is 48.5 Å². The number of hydrogen-bond donors (Lipinski definition) is 1. The summed E-state index contributed by atoms with van der Waals surface area (Å²) in [5.74, 6) is 0.974. The van der Waals surface area contributed by atoms with E-state index in [4.69, 9.17) is 9.47 Å². The molecule has 0 spiro atoms.